The van der Waals surface area contributed by atoms with E-state index in [1.165, 1.54) is 35.6 Å². The fraction of sp³-hybridized carbons (Fsp3) is 0.111. The molecule has 0 N–H and O–H groups in total. The average molecular weight is 377 g/mol. The van der Waals surface area contributed by atoms with Gasteiger partial charge in [0.1, 0.15) is 11.6 Å². The van der Waals surface area contributed by atoms with Crippen LogP contribution in [0, 0.1) is 5.82 Å². The molecule has 0 amide bonds. The van der Waals surface area contributed by atoms with Gasteiger partial charge in [-0.3, -0.25) is 4.99 Å². The highest BCUT2D eigenvalue weighted by Crippen LogP contribution is 2.20. The summed E-state index contributed by atoms with van der Waals surface area (Å²) in [6.45, 7) is -2.86. The van der Waals surface area contributed by atoms with Crippen LogP contribution in [0.4, 0.5) is 13.2 Å². The van der Waals surface area contributed by atoms with E-state index in [4.69, 9.17) is 0 Å². The van der Waals surface area contributed by atoms with Gasteiger partial charge in [-0.05, 0) is 54.1 Å². The summed E-state index contributed by atoms with van der Waals surface area (Å²) >= 11 is 1.41. The number of nitrogens with zero attached hydrogens (tertiary/aromatic N) is 3. The molecule has 0 aliphatic carbocycles. The summed E-state index contributed by atoms with van der Waals surface area (Å²) in [7, 11) is 1.66. The zero-order chi connectivity index (χ0) is 18.5. The molecule has 1 heterocycles. The van der Waals surface area contributed by atoms with E-state index in [1.807, 2.05) is 5.38 Å². The van der Waals surface area contributed by atoms with Crippen molar-refractivity contribution in [1.82, 2.24) is 4.68 Å². The first-order chi connectivity index (χ1) is 12.6. The van der Waals surface area contributed by atoms with Crippen molar-refractivity contribution in [2.24, 2.45) is 10.1 Å². The summed E-state index contributed by atoms with van der Waals surface area (Å²) in [4.78, 5) is 4.85. The molecule has 0 fully saturated rings. The van der Waals surface area contributed by atoms with Gasteiger partial charge in [0.05, 0.1) is 11.9 Å². The molecule has 0 unspecified atom stereocenters. The van der Waals surface area contributed by atoms with Gasteiger partial charge in [-0.1, -0.05) is 0 Å². The third-order valence-corrected chi connectivity index (χ3v) is 4.35. The molecule has 0 bridgehead atoms. The summed E-state index contributed by atoms with van der Waals surface area (Å²) in [5.74, 6) is -0.234. The first kappa shape index (κ1) is 17.9. The number of benzene rings is 2. The van der Waals surface area contributed by atoms with E-state index in [-0.39, 0.29) is 11.6 Å². The Morgan fingerprint density at radius 3 is 2.38 bits per heavy atom. The van der Waals surface area contributed by atoms with Gasteiger partial charge in [0.25, 0.3) is 0 Å². The Bertz CT molecular complexity index is 961. The highest BCUT2D eigenvalue weighted by molar-refractivity contribution is 7.07. The van der Waals surface area contributed by atoms with Crippen molar-refractivity contribution in [3.8, 4) is 17.0 Å². The number of hydrogen-bond acceptors (Lipinski definition) is 4. The van der Waals surface area contributed by atoms with Gasteiger partial charge in [0.2, 0.25) is 4.80 Å². The molecule has 3 aromatic rings. The summed E-state index contributed by atoms with van der Waals surface area (Å²) in [5, 5.41) is 6.30. The van der Waals surface area contributed by atoms with Crippen molar-refractivity contribution < 1.29 is 17.9 Å². The first-order valence-electron chi connectivity index (χ1n) is 7.55. The number of aromatic nitrogens is 1. The van der Waals surface area contributed by atoms with Crippen LogP contribution in [0.3, 0.4) is 0 Å². The molecule has 0 aliphatic rings. The lowest BCUT2D eigenvalue weighted by Crippen LogP contribution is -2.11. The van der Waals surface area contributed by atoms with Gasteiger partial charge in [-0.15, -0.1) is 11.3 Å². The van der Waals surface area contributed by atoms with Crippen molar-refractivity contribution >= 4 is 17.6 Å². The van der Waals surface area contributed by atoms with Crippen molar-refractivity contribution in [1.29, 1.82) is 0 Å². The SMILES string of the molecule is CN=c1scc(-c2ccc(F)cc2)n1/N=C\c1ccc(OC(F)F)cc1. The molecular weight excluding hydrogens is 363 g/mol. The lowest BCUT2D eigenvalue weighted by atomic mass is 10.2. The highest BCUT2D eigenvalue weighted by atomic mass is 32.1. The van der Waals surface area contributed by atoms with Crippen LogP contribution in [0.5, 0.6) is 5.75 Å². The first-order valence-corrected chi connectivity index (χ1v) is 8.43. The number of hydrogen-bond donors (Lipinski definition) is 0. The molecule has 134 valence electrons. The highest BCUT2D eigenvalue weighted by Gasteiger charge is 2.07. The Balaban J connectivity index is 1.90. The second-order valence-electron chi connectivity index (χ2n) is 5.14. The molecule has 0 radical (unpaired) electrons. The number of thiazole rings is 1. The molecule has 8 heteroatoms. The third kappa shape index (κ3) is 4.20. The van der Waals surface area contributed by atoms with Crippen LogP contribution in [0.1, 0.15) is 5.56 Å². The second-order valence-corrected chi connectivity index (χ2v) is 5.97. The fourth-order valence-corrected chi connectivity index (χ4v) is 3.04. The van der Waals surface area contributed by atoms with Gasteiger partial charge >= 0.3 is 6.61 Å². The molecule has 0 saturated heterocycles. The quantitative estimate of drug-likeness (QED) is 0.609. The van der Waals surface area contributed by atoms with Crippen LogP contribution >= 0.6 is 11.3 Å². The predicted molar refractivity (Wildman–Crippen MR) is 95.3 cm³/mol. The number of ether oxygens (including phenoxy) is 1. The van der Waals surface area contributed by atoms with E-state index >= 15 is 0 Å². The normalized spacial score (nSPS) is 12.3. The van der Waals surface area contributed by atoms with Crippen molar-refractivity contribution in [3.05, 3.63) is 70.1 Å². The van der Waals surface area contributed by atoms with E-state index in [9.17, 15) is 13.2 Å². The van der Waals surface area contributed by atoms with Crippen LogP contribution in [0.25, 0.3) is 11.3 Å². The Morgan fingerprint density at radius 1 is 1.08 bits per heavy atom. The van der Waals surface area contributed by atoms with Crippen LogP contribution in [0.15, 0.2) is 64.0 Å². The predicted octanol–water partition coefficient (Wildman–Crippen LogP) is 4.37. The summed E-state index contributed by atoms with van der Waals surface area (Å²) in [6.07, 6.45) is 1.58. The van der Waals surface area contributed by atoms with Gasteiger partial charge in [-0.2, -0.15) is 13.9 Å². The Hall–Kier alpha value is -2.87. The molecule has 2 aromatic carbocycles. The zero-order valence-electron chi connectivity index (χ0n) is 13.6. The maximum absolute atomic E-state index is 13.1. The van der Waals surface area contributed by atoms with E-state index < -0.39 is 6.61 Å². The van der Waals surface area contributed by atoms with E-state index in [1.54, 1.807) is 42.2 Å². The minimum Gasteiger partial charge on any atom is -0.435 e. The molecule has 1 aromatic heterocycles. The van der Waals surface area contributed by atoms with E-state index in [0.717, 1.165) is 11.3 Å². The van der Waals surface area contributed by atoms with E-state index in [0.29, 0.717) is 10.4 Å². The minimum absolute atomic E-state index is 0.0802. The molecular formula is C18H14F3N3OS. The summed E-state index contributed by atoms with van der Waals surface area (Å²) in [6, 6.07) is 12.2. The van der Waals surface area contributed by atoms with Gasteiger partial charge < -0.3 is 4.74 Å². The summed E-state index contributed by atoms with van der Waals surface area (Å²) < 4.78 is 43.5. The van der Waals surface area contributed by atoms with Gasteiger partial charge in [-0.25, -0.2) is 9.07 Å². The molecule has 0 atom stereocenters. The maximum Gasteiger partial charge on any atom is 0.387 e. The summed E-state index contributed by atoms with van der Waals surface area (Å²) in [5.41, 5.74) is 2.28. The third-order valence-electron chi connectivity index (χ3n) is 3.44. The molecule has 26 heavy (non-hydrogen) atoms. The largest absolute Gasteiger partial charge is 0.435 e. The lowest BCUT2D eigenvalue weighted by molar-refractivity contribution is -0.0498. The number of rotatable bonds is 5. The van der Waals surface area contributed by atoms with Crippen LogP contribution < -0.4 is 9.54 Å². The van der Waals surface area contributed by atoms with Crippen LogP contribution in [0.2, 0.25) is 0 Å². The standard InChI is InChI=1S/C18H14F3N3OS/c1-22-18-24(16(11-26-18)13-4-6-14(19)7-5-13)23-10-12-2-8-15(9-3-12)25-17(20)21/h2-11,17H,1H3/b22-18?,23-10-. The fourth-order valence-electron chi connectivity index (χ4n) is 2.24. The Morgan fingerprint density at radius 2 is 1.77 bits per heavy atom. The maximum atomic E-state index is 13.1. The molecule has 0 saturated carbocycles. The van der Waals surface area contributed by atoms with Gasteiger partial charge in [0.15, 0.2) is 0 Å². The second kappa shape index (κ2) is 8.01. The Labute approximate surface area is 151 Å². The van der Waals surface area contributed by atoms with Crippen molar-refractivity contribution in [2.75, 3.05) is 7.05 Å². The van der Waals surface area contributed by atoms with Crippen molar-refractivity contribution in [3.63, 3.8) is 0 Å². The minimum atomic E-state index is -2.86. The van der Waals surface area contributed by atoms with Gasteiger partial charge in [0, 0.05) is 18.0 Å². The van der Waals surface area contributed by atoms with Crippen molar-refractivity contribution in [2.45, 2.75) is 6.61 Å². The topological polar surface area (TPSA) is 38.9 Å². The lowest BCUT2D eigenvalue weighted by Gasteiger charge is -2.05. The Kier molecular flexibility index (Phi) is 5.52. The number of alkyl halides is 2. The monoisotopic (exact) mass is 377 g/mol. The average Bonchev–Trinajstić information content (AvgIpc) is 3.04. The molecule has 0 aliphatic heterocycles. The zero-order valence-corrected chi connectivity index (χ0v) is 14.5. The van der Waals surface area contributed by atoms with Crippen LogP contribution in [-0.2, 0) is 0 Å². The van der Waals surface area contributed by atoms with Crippen LogP contribution in [-0.4, -0.2) is 24.5 Å². The smallest absolute Gasteiger partial charge is 0.387 e. The molecule has 3 rings (SSSR count). The number of halogens is 3. The molecule has 4 nitrogen and oxygen atoms in total. The molecule has 0 spiro atoms. The van der Waals surface area contributed by atoms with E-state index in [2.05, 4.69) is 14.8 Å².